The molecule has 166 valence electrons. The first-order chi connectivity index (χ1) is 15.5. The fourth-order valence-electron chi connectivity index (χ4n) is 3.67. The molecule has 8 nitrogen and oxygen atoms in total. The Morgan fingerprint density at radius 2 is 1.91 bits per heavy atom. The van der Waals surface area contributed by atoms with Gasteiger partial charge in [-0.3, -0.25) is 9.69 Å². The van der Waals surface area contributed by atoms with Crippen molar-refractivity contribution >= 4 is 18.0 Å². The highest BCUT2D eigenvalue weighted by molar-refractivity contribution is 5.90. The summed E-state index contributed by atoms with van der Waals surface area (Å²) in [6, 6.07) is 16.5. The van der Waals surface area contributed by atoms with E-state index in [0.29, 0.717) is 30.5 Å². The zero-order chi connectivity index (χ0) is 22.9. The van der Waals surface area contributed by atoms with E-state index in [-0.39, 0.29) is 13.0 Å². The summed E-state index contributed by atoms with van der Waals surface area (Å²) in [6.07, 6.45) is 0.734. The third kappa shape index (κ3) is 5.85. The monoisotopic (exact) mass is 435 g/mol. The lowest BCUT2D eigenvalue weighted by atomic mass is 10.0. The van der Waals surface area contributed by atoms with E-state index in [0.717, 1.165) is 5.56 Å². The zero-order valence-electron chi connectivity index (χ0n) is 17.8. The van der Waals surface area contributed by atoms with Crippen LogP contribution in [0.2, 0.25) is 0 Å². The number of hydrogen-bond donors (Lipinski definition) is 1. The Balaban J connectivity index is 1.64. The standard InChI is InChI=1S/C24H25N3O5/c1-31-23(29)20(14-18-9-5-10-19(13-18)15-25)26-22(28)21-11-6-12-27(21)24(30)32-16-17-7-3-2-4-8-17/h2-5,7-10,13,20-21H,6,11-12,14,16H2,1H3,(H,26,28)/t20-,21-/m1/s1. The second-order valence-electron chi connectivity index (χ2n) is 7.49. The third-order valence-electron chi connectivity index (χ3n) is 5.29. The molecule has 0 bridgehead atoms. The summed E-state index contributed by atoms with van der Waals surface area (Å²) in [5, 5.41) is 11.8. The normalized spacial score (nSPS) is 16.0. The van der Waals surface area contributed by atoms with Gasteiger partial charge in [0.2, 0.25) is 5.91 Å². The molecule has 1 N–H and O–H groups in total. The summed E-state index contributed by atoms with van der Waals surface area (Å²) in [5.41, 5.74) is 2.03. The average molecular weight is 435 g/mol. The lowest BCUT2D eigenvalue weighted by molar-refractivity contribution is -0.145. The van der Waals surface area contributed by atoms with Gasteiger partial charge in [0.1, 0.15) is 18.7 Å². The van der Waals surface area contributed by atoms with Gasteiger partial charge in [-0.25, -0.2) is 9.59 Å². The molecule has 8 heteroatoms. The molecule has 0 radical (unpaired) electrons. The van der Waals surface area contributed by atoms with Crippen LogP contribution in [0.1, 0.15) is 29.5 Å². The molecule has 2 atom stereocenters. The van der Waals surface area contributed by atoms with Crippen LogP contribution in [0.3, 0.4) is 0 Å². The van der Waals surface area contributed by atoms with Gasteiger partial charge in [0, 0.05) is 13.0 Å². The number of methoxy groups -OCH3 is 1. The molecule has 1 aliphatic heterocycles. The number of likely N-dealkylation sites (tertiary alicyclic amines) is 1. The first-order valence-electron chi connectivity index (χ1n) is 10.4. The van der Waals surface area contributed by atoms with Crippen molar-refractivity contribution in [2.45, 2.75) is 38.0 Å². The number of nitrogens with one attached hydrogen (secondary N) is 1. The lowest BCUT2D eigenvalue weighted by Gasteiger charge is -2.25. The zero-order valence-corrected chi connectivity index (χ0v) is 17.8. The molecule has 2 amide bonds. The number of nitrogens with zero attached hydrogens (tertiary/aromatic N) is 2. The van der Waals surface area contributed by atoms with E-state index in [4.69, 9.17) is 14.7 Å². The summed E-state index contributed by atoms with van der Waals surface area (Å²) < 4.78 is 10.2. The van der Waals surface area contributed by atoms with Crippen LogP contribution in [0.15, 0.2) is 54.6 Å². The number of ether oxygens (including phenoxy) is 2. The minimum absolute atomic E-state index is 0.116. The van der Waals surface area contributed by atoms with Crippen molar-refractivity contribution in [2.24, 2.45) is 0 Å². The predicted octanol–water partition coefficient (Wildman–Crippen LogP) is 2.56. The van der Waals surface area contributed by atoms with Crippen LogP contribution in [-0.4, -0.2) is 48.6 Å². The highest BCUT2D eigenvalue weighted by Gasteiger charge is 2.37. The Hall–Kier alpha value is -3.86. The van der Waals surface area contributed by atoms with Gasteiger partial charge >= 0.3 is 12.1 Å². The van der Waals surface area contributed by atoms with Crippen molar-refractivity contribution in [1.82, 2.24) is 10.2 Å². The van der Waals surface area contributed by atoms with Gasteiger partial charge in [-0.1, -0.05) is 42.5 Å². The van der Waals surface area contributed by atoms with Crippen LogP contribution < -0.4 is 5.32 Å². The average Bonchev–Trinajstić information content (AvgIpc) is 3.32. The number of rotatable bonds is 7. The Bertz CT molecular complexity index is 1000. The van der Waals surface area contributed by atoms with Crippen LogP contribution in [-0.2, 0) is 32.1 Å². The fourth-order valence-corrected chi connectivity index (χ4v) is 3.67. The van der Waals surface area contributed by atoms with Crippen LogP contribution in [0.5, 0.6) is 0 Å². The van der Waals surface area contributed by atoms with Gasteiger partial charge < -0.3 is 14.8 Å². The summed E-state index contributed by atoms with van der Waals surface area (Å²) in [6.45, 7) is 0.517. The molecule has 0 aliphatic carbocycles. The van der Waals surface area contributed by atoms with E-state index in [1.165, 1.54) is 12.0 Å². The van der Waals surface area contributed by atoms with E-state index in [9.17, 15) is 14.4 Å². The molecule has 0 saturated carbocycles. The summed E-state index contributed by atoms with van der Waals surface area (Å²) in [5.74, 6) is -1.04. The van der Waals surface area contributed by atoms with Gasteiger partial charge in [-0.15, -0.1) is 0 Å². The molecular formula is C24H25N3O5. The number of amides is 2. The highest BCUT2D eigenvalue weighted by Crippen LogP contribution is 2.20. The number of nitriles is 1. The van der Waals surface area contributed by atoms with Crippen molar-refractivity contribution in [3.05, 3.63) is 71.3 Å². The second kappa shape index (κ2) is 11.0. The molecule has 0 aromatic heterocycles. The van der Waals surface area contributed by atoms with Gasteiger partial charge in [-0.05, 0) is 36.1 Å². The second-order valence-corrected chi connectivity index (χ2v) is 7.49. The van der Waals surface area contributed by atoms with Gasteiger partial charge in [-0.2, -0.15) is 5.26 Å². The van der Waals surface area contributed by atoms with Crippen molar-refractivity contribution < 1.29 is 23.9 Å². The van der Waals surface area contributed by atoms with Crippen molar-refractivity contribution in [3.63, 3.8) is 0 Å². The minimum atomic E-state index is -0.941. The van der Waals surface area contributed by atoms with Crippen LogP contribution in [0, 0.1) is 11.3 Å². The quantitative estimate of drug-likeness (QED) is 0.670. The SMILES string of the molecule is COC(=O)[C@@H](Cc1cccc(C#N)c1)NC(=O)[C@H]1CCCN1C(=O)OCc1ccccc1. The topological polar surface area (TPSA) is 109 Å². The van der Waals surface area contributed by atoms with Crippen LogP contribution in [0.4, 0.5) is 4.79 Å². The molecule has 32 heavy (non-hydrogen) atoms. The molecule has 2 aromatic carbocycles. The molecule has 1 heterocycles. The largest absolute Gasteiger partial charge is 0.467 e. The summed E-state index contributed by atoms with van der Waals surface area (Å²) in [7, 11) is 1.25. The Morgan fingerprint density at radius 1 is 1.16 bits per heavy atom. The van der Waals surface area contributed by atoms with Crippen molar-refractivity contribution in [3.8, 4) is 6.07 Å². The number of hydrogen-bond acceptors (Lipinski definition) is 6. The molecule has 3 rings (SSSR count). The maximum Gasteiger partial charge on any atom is 0.410 e. The molecule has 0 unspecified atom stereocenters. The predicted molar refractivity (Wildman–Crippen MR) is 115 cm³/mol. The first kappa shape index (κ1) is 22.8. The van der Waals surface area contributed by atoms with E-state index in [2.05, 4.69) is 5.32 Å². The summed E-state index contributed by atoms with van der Waals surface area (Å²) >= 11 is 0. The smallest absolute Gasteiger partial charge is 0.410 e. The molecular weight excluding hydrogens is 410 g/mol. The number of esters is 1. The molecule has 2 aromatic rings. The number of carbonyl (C=O) groups is 3. The van der Waals surface area contributed by atoms with Crippen molar-refractivity contribution in [1.29, 1.82) is 5.26 Å². The maximum atomic E-state index is 13.0. The maximum absolute atomic E-state index is 13.0. The van der Waals surface area contributed by atoms with E-state index >= 15 is 0 Å². The Labute approximate surface area is 186 Å². The fraction of sp³-hybridized carbons (Fsp3) is 0.333. The Morgan fingerprint density at radius 3 is 2.62 bits per heavy atom. The number of carbonyl (C=O) groups excluding carboxylic acids is 3. The third-order valence-corrected chi connectivity index (χ3v) is 5.29. The Kier molecular flexibility index (Phi) is 7.81. The lowest BCUT2D eigenvalue weighted by Crippen LogP contribution is -2.51. The van der Waals surface area contributed by atoms with E-state index in [1.54, 1.807) is 24.3 Å². The van der Waals surface area contributed by atoms with Gasteiger partial charge in [0.15, 0.2) is 0 Å². The highest BCUT2D eigenvalue weighted by atomic mass is 16.6. The van der Waals surface area contributed by atoms with Crippen molar-refractivity contribution in [2.75, 3.05) is 13.7 Å². The molecule has 1 fully saturated rings. The van der Waals surface area contributed by atoms with Gasteiger partial charge in [0.25, 0.3) is 0 Å². The first-order valence-corrected chi connectivity index (χ1v) is 10.4. The molecule has 1 aliphatic rings. The van der Waals surface area contributed by atoms with Gasteiger partial charge in [0.05, 0.1) is 18.7 Å². The minimum Gasteiger partial charge on any atom is -0.467 e. The van der Waals surface area contributed by atoms with E-state index in [1.807, 2.05) is 36.4 Å². The number of benzene rings is 2. The summed E-state index contributed by atoms with van der Waals surface area (Å²) in [4.78, 5) is 39.2. The van der Waals surface area contributed by atoms with Crippen LogP contribution >= 0.6 is 0 Å². The van der Waals surface area contributed by atoms with E-state index < -0.39 is 30.1 Å². The molecule has 0 spiro atoms. The van der Waals surface area contributed by atoms with Crippen LogP contribution in [0.25, 0.3) is 0 Å². The molecule has 1 saturated heterocycles.